The smallest absolute Gasteiger partial charge is 0.233 e. The summed E-state index contributed by atoms with van der Waals surface area (Å²) >= 11 is 1.67. The Morgan fingerprint density at radius 3 is 2.57 bits per heavy atom. The molecule has 2 bridgehead atoms. The molecular formula is C19H28N2OS. The highest BCUT2D eigenvalue weighted by Crippen LogP contribution is 2.30. The normalized spacial score (nSPS) is 24.6. The summed E-state index contributed by atoms with van der Waals surface area (Å²) in [7, 11) is 0. The second-order valence-corrected chi connectivity index (χ2v) is 8.79. The molecule has 126 valence electrons. The van der Waals surface area contributed by atoms with Gasteiger partial charge in [0.05, 0.1) is 5.75 Å². The van der Waals surface area contributed by atoms with Gasteiger partial charge in [-0.15, -0.1) is 11.8 Å². The highest BCUT2D eigenvalue weighted by atomic mass is 32.2. The van der Waals surface area contributed by atoms with E-state index >= 15 is 0 Å². The van der Waals surface area contributed by atoms with E-state index in [-0.39, 0.29) is 5.41 Å². The maximum absolute atomic E-state index is 12.7. The molecule has 3 nitrogen and oxygen atoms in total. The van der Waals surface area contributed by atoms with Crippen LogP contribution in [0.15, 0.2) is 29.2 Å². The summed E-state index contributed by atoms with van der Waals surface area (Å²) in [6.07, 6.45) is 3.45. The van der Waals surface area contributed by atoms with Gasteiger partial charge in [-0.2, -0.15) is 0 Å². The maximum Gasteiger partial charge on any atom is 0.233 e. The molecule has 1 amide bonds. The van der Waals surface area contributed by atoms with Crippen molar-refractivity contribution in [2.24, 2.45) is 0 Å². The summed E-state index contributed by atoms with van der Waals surface area (Å²) in [6, 6.07) is 9.55. The molecule has 2 unspecified atom stereocenters. The molecule has 3 rings (SSSR count). The number of fused-ring (bicyclic) bond motifs is 2. The van der Waals surface area contributed by atoms with E-state index in [2.05, 4.69) is 55.3 Å². The predicted octanol–water partition coefficient (Wildman–Crippen LogP) is 3.43. The molecule has 0 radical (unpaired) electrons. The number of hydrogen-bond donors (Lipinski definition) is 1. The van der Waals surface area contributed by atoms with Gasteiger partial charge < -0.3 is 10.2 Å². The van der Waals surface area contributed by atoms with Gasteiger partial charge in [-0.3, -0.25) is 4.79 Å². The molecule has 2 fully saturated rings. The van der Waals surface area contributed by atoms with Crippen LogP contribution in [-0.2, 0) is 10.2 Å². The molecule has 2 saturated heterocycles. The SMILES string of the molecule is CC(C)(C)c1ccc(SCC(=O)N2C3CCNCC2CC3)cc1. The monoisotopic (exact) mass is 332 g/mol. The standard InChI is InChI=1S/C19H28N2OS/c1-19(2,3)14-4-8-17(9-5-14)23-13-18(22)21-15-6-7-16(21)12-20-11-10-15/h4-5,8-9,15-16,20H,6-7,10-13H2,1-3H3. The fourth-order valence-corrected chi connectivity index (χ4v) is 4.43. The van der Waals surface area contributed by atoms with Crippen LogP contribution < -0.4 is 5.32 Å². The van der Waals surface area contributed by atoms with E-state index in [9.17, 15) is 4.79 Å². The van der Waals surface area contributed by atoms with E-state index in [1.165, 1.54) is 16.9 Å². The van der Waals surface area contributed by atoms with Crippen molar-refractivity contribution >= 4 is 17.7 Å². The van der Waals surface area contributed by atoms with Crippen molar-refractivity contribution in [2.75, 3.05) is 18.8 Å². The summed E-state index contributed by atoms with van der Waals surface area (Å²) in [6.45, 7) is 8.69. The van der Waals surface area contributed by atoms with Crippen molar-refractivity contribution in [2.45, 2.75) is 62.4 Å². The van der Waals surface area contributed by atoms with E-state index < -0.39 is 0 Å². The Labute approximate surface area is 144 Å². The third-order valence-corrected chi connectivity index (χ3v) is 6.02. The summed E-state index contributed by atoms with van der Waals surface area (Å²) in [5.41, 5.74) is 1.52. The molecule has 4 heteroatoms. The van der Waals surface area contributed by atoms with Gasteiger partial charge in [0.25, 0.3) is 0 Å². The quantitative estimate of drug-likeness (QED) is 0.861. The van der Waals surface area contributed by atoms with Crippen molar-refractivity contribution in [3.8, 4) is 0 Å². The van der Waals surface area contributed by atoms with Crippen LogP contribution in [0.5, 0.6) is 0 Å². The summed E-state index contributed by atoms with van der Waals surface area (Å²) < 4.78 is 0. The van der Waals surface area contributed by atoms with Crippen LogP contribution in [0.2, 0.25) is 0 Å². The molecule has 23 heavy (non-hydrogen) atoms. The van der Waals surface area contributed by atoms with Crippen LogP contribution in [0.1, 0.15) is 45.6 Å². The Bertz CT molecular complexity index is 535. The number of hydrogen-bond acceptors (Lipinski definition) is 3. The van der Waals surface area contributed by atoms with E-state index in [0.717, 1.165) is 25.9 Å². The van der Waals surface area contributed by atoms with Crippen LogP contribution >= 0.6 is 11.8 Å². The van der Waals surface area contributed by atoms with Gasteiger partial charge >= 0.3 is 0 Å². The molecule has 2 aliphatic heterocycles. The van der Waals surface area contributed by atoms with Gasteiger partial charge in [0, 0.05) is 23.5 Å². The van der Waals surface area contributed by atoms with Crippen LogP contribution in [0.25, 0.3) is 0 Å². The minimum Gasteiger partial charge on any atom is -0.335 e. The Kier molecular flexibility index (Phi) is 5.02. The molecule has 1 aromatic rings. The zero-order chi connectivity index (χ0) is 16.4. The fraction of sp³-hybridized carbons (Fsp3) is 0.632. The first-order valence-corrected chi connectivity index (χ1v) is 9.69. The van der Waals surface area contributed by atoms with Gasteiger partial charge in [0.2, 0.25) is 5.91 Å². The lowest BCUT2D eigenvalue weighted by molar-refractivity contribution is -0.130. The number of carbonyl (C=O) groups is 1. The van der Waals surface area contributed by atoms with Crippen molar-refractivity contribution in [1.82, 2.24) is 10.2 Å². The molecule has 0 aliphatic carbocycles. The largest absolute Gasteiger partial charge is 0.335 e. The van der Waals surface area contributed by atoms with E-state index in [1.807, 2.05) is 0 Å². The van der Waals surface area contributed by atoms with E-state index in [0.29, 0.717) is 23.7 Å². The third kappa shape index (κ3) is 3.92. The predicted molar refractivity (Wildman–Crippen MR) is 97.0 cm³/mol. The molecule has 0 aromatic heterocycles. The number of nitrogens with one attached hydrogen (secondary N) is 1. The Morgan fingerprint density at radius 2 is 1.87 bits per heavy atom. The second kappa shape index (κ2) is 6.86. The molecule has 2 atom stereocenters. The lowest BCUT2D eigenvalue weighted by Crippen LogP contribution is -2.43. The lowest BCUT2D eigenvalue weighted by atomic mass is 9.87. The van der Waals surface area contributed by atoms with Gasteiger partial charge in [-0.05, 0) is 48.9 Å². The summed E-state index contributed by atoms with van der Waals surface area (Å²) in [5, 5.41) is 3.46. The lowest BCUT2D eigenvalue weighted by Gasteiger charge is -2.27. The average Bonchev–Trinajstić information content (AvgIpc) is 2.77. The first-order chi connectivity index (χ1) is 10.9. The Morgan fingerprint density at radius 1 is 1.17 bits per heavy atom. The first kappa shape index (κ1) is 16.8. The van der Waals surface area contributed by atoms with E-state index in [4.69, 9.17) is 0 Å². The Balaban J connectivity index is 1.58. The fourth-order valence-electron chi connectivity index (χ4n) is 3.66. The minimum absolute atomic E-state index is 0.178. The zero-order valence-electron chi connectivity index (χ0n) is 14.5. The van der Waals surface area contributed by atoms with Crippen molar-refractivity contribution in [1.29, 1.82) is 0 Å². The van der Waals surface area contributed by atoms with Crippen LogP contribution in [0, 0.1) is 0 Å². The van der Waals surface area contributed by atoms with Gasteiger partial charge in [-0.1, -0.05) is 32.9 Å². The number of amides is 1. The van der Waals surface area contributed by atoms with Crippen molar-refractivity contribution < 1.29 is 4.79 Å². The average molecular weight is 333 g/mol. The van der Waals surface area contributed by atoms with Crippen molar-refractivity contribution in [3.63, 3.8) is 0 Å². The van der Waals surface area contributed by atoms with Gasteiger partial charge in [0.15, 0.2) is 0 Å². The number of benzene rings is 1. The highest BCUT2D eigenvalue weighted by molar-refractivity contribution is 8.00. The topological polar surface area (TPSA) is 32.3 Å². The number of thioether (sulfide) groups is 1. The highest BCUT2D eigenvalue weighted by Gasteiger charge is 2.37. The van der Waals surface area contributed by atoms with Crippen LogP contribution in [0.3, 0.4) is 0 Å². The molecule has 0 saturated carbocycles. The molecular weight excluding hydrogens is 304 g/mol. The van der Waals surface area contributed by atoms with Crippen molar-refractivity contribution in [3.05, 3.63) is 29.8 Å². The molecule has 1 N–H and O–H groups in total. The third-order valence-electron chi connectivity index (χ3n) is 5.02. The molecule has 0 spiro atoms. The molecule has 1 aromatic carbocycles. The number of carbonyl (C=O) groups excluding carboxylic acids is 1. The number of nitrogens with zero attached hydrogens (tertiary/aromatic N) is 1. The van der Waals surface area contributed by atoms with Gasteiger partial charge in [-0.25, -0.2) is 0 Å². The Hall–Kier alpha value is -1.00. The second-order valence-electron chi connectivity index (χ2n) is 7.74. The minimum atomic E-state index is 0.178. The summed E-state index contributed by atoms with van der Waals surface area (Å²) in [4.78, 5) is 16.1. The summed E-state index contributed by atoms with van der Waals surface area (Å²) in [5.74, 6) is 0.869. The number of rotatable bonds is 3. The zero-order valence-corrected chi connectivity index (χ0v) is 15.3. The molecule has 2 aliphatic rings. The van der Waals surface area contributed by atoms with Gasteiger partial charge in [0.1, 0.15) is 0 Å². The molecule has 2 heterocycles. The van der Waals surface area contributed by atoms with Crippen LogP contribution in [0.4, 0.5) is 0 Å². The maximum atomic E-state index is 12.7. The van der Waals surface area contributed by atoms with Crippen LogP contribution in [-0.4, -0.2) is 41.7 Å². The first-order valence-electron chi connectivity index (χ1n) is 8.70. The van der Waals surface area contributed by atoms with E-state index in [1.54, 1.807) is 11.8 Å².